The summed E-state index contributed by atoms with van der Waals surface area (Å²) in [5.74, 6) is 1.43. The molecule has 5 nitrogen and oxygen atoms in total. The SMILES string of the molecule is COc1ccc(NC(=O)Cn2c(-c3cccc(C)c3)nc3ccccc32)cc1. The van der Waals surface area contributed by atoms with E-state index in [0.717, 1.165) is 39.4 Å². The lowest BCUT2D eigenvalue weighted by Crippen LogP contribution is -2.19. The van der Waals surface area contributed by atoms with Gasteiger partial charge < -0.3 is 14.6 Å². The van der Waals surface area contributed by atoms with Crippen LogP contribution in [0.3, 0.4) is 0 Å². The number of carbonyl (C=O) groups is 1. The number of benzene rings is 3. The van der Waals surface area contributed by atoms with Gasteiger partial charge in [0.25, 0.3) is 0 Å². The fourth-order valence-electron chi connectivity index (χ4n) is 3.26. The van der Waals surface area contributed by atoms with Crippen LogP contribution in [0.2, 0.25) is 0 Å². The third kappa shape index (κ3) is 3.60. The Labute approximate surface area is 163 Å². The van der Waals surface area contributed by atoms with E-state index < -0.39 is 0 Å². The van der Waals surface area contributed by atoms with Gasteiger partial charge in [-0.2, -0.15) is 0 Å². The molecule has 5 heteroatoms. The quantitative estimate of drug-likeness (QED) is 0.555. The Bertz CT molecular complexity index is 1130. The largest absolute Gasteiger partial charge is 0.497 e. The summed E-state index contributed by atoms with van der Waals surface area (Å²) in [6, 6.07) is 23.3. The van der Waals surface area contributed by atoms with E-state index in [1.54, 1.807) is 7.11 Å². The van der Waals surface area contributed by atoms with Gasteiger partial charge in [0.1, 0.15) is 18.1 Å². The first-order valence-electron chi connectivity index (χ1n) is 9.10. The molecule has 1 N–H and O–H groups in total. The van der Waals surface area contributed by atoms with Gasteiger partial charge >= 0.3 is 0 Å². The summed E-state index contributed by atoms with van der Waals surface area (Å²) in [4.78, 5) is 17.5. The second-order valence-corrected chi connectivity index (χ2v) is 6.66. The molecule has 0 radical (unpaired) electrons. The van der Waals surface area contributed by atoms with E-state index in [0.29, 0.717) is 0 Å². The summed E-state index contributed by atoms with van der Waals surface area (Å²) in [5, 5.41) is 2.94. The van der Waals surface area contributed by atoms with Crippen molar-refractivity contribution < 1.29 is 9.53 Å². The van der Waals surface area contributed by atoms with Crippen molar-refractivity contribution in [2.75, 3.05) is 12.4 Å². The number of aromatic nitrogens is 2. The van der Waals surface area contributed by atoms with Crippen LogP contribution in [0.25, 0.3) is 22.4 Å². The Morgan fingerprint density at radius 1 is 1.04 bits per heavy atom. The van der Waals surface area contributed by atoms with Crippen molar-refractivity contribution in [1.29, 1.82) is 0 Å². The fraction of sp³-hybridized carbons (Fsp3) is 0.130. The molecular weight excluding hydrogens is 350 g/mol. The van der Waals surface area contributed by atoms with Crippen molar-refractivity contribution in [2.45, 2.75) is 13.5 Å². The molecule has 0 bridgehead atoms. The zero-order chi connectivity index (χ0) is 19.5. The molecule has 3 aromatic carbocycles. The van der Waals surface area contributed by atoms with Crippen molar-refractivity contribution in [3.8, 4) is 17.1 Å². The second kappa shape index (κ2) is 7.56. The second-order valence-electron chi connectivity index (χ2n) is 6.66. The average molecular weight is 371 g/mol. The van der Waals surface area contributed by atoms with Crippen molar-refractivity contribution in [1.82, 2.24) is 9.55 Å². The zero-order valence-electron chi connectivity index (χ0n) is 15.8. The van der Waals surface area contributed by atoms with Gasteiger partial charge in [-0.3, -0.25) is 4.79 Å². The Morgan fingerprint density at radius 2 is 1.82 bits per heavy atom. The van der Waals surface area contributed by atoms with Gasteiger partial charge in [-0.05, 0) is 49.4 Å². The number of hydrogen-bond acceptors (Lipinski definition) is 3. The third-order valence-corrected chi connectivity index (χ3v) is 4.61. The summed E-state index contributed by atoms with van der Waals surface area (Å²) in [6.07, 6.45) is 0. The maximum Gasteiger partial charge on any atom is 0.244 e. The Morgan fingerprint density at radius 3 is 2.57 bits per heavy atom. The van der Waals surface area contributed by atoms with E-state index >= 15 is 0 Å². The van der Waals surface area contributed by atoms with Crippen molar-refractivity contribution in [3.05, 3.63) is 78.4 Å². The van der Waals surface area contributed by atoms with Crippen LogP contribution >= 0.6 is 0 Å². The molecule has 1 amide bonds. The number of para-hydroxylation sites is 2. The first kappa shape index (κ1) is 17.8. The van der Waals surface area contributed by atoms with Gasteiger partial charge in [-0.1, -0.05) is 35.9 Å². The predicted molar refractivity (Wildman–Crippen MR) is 112 cm³/mol. The minimum atomic E-state index is -0.109. The normalized spacial score (nSPS) is 10.8. The smallest absolute Gasteiger partial charge is 0.244 e. The lowest BCUT2D eigenvalue weighted by Gasteiger charge is -2.11. The van der Waals surface area contributed by atoms with Gasteiger partial charge in [0, 0.05) is 11.3 Å². The molecule has 0 atom stereocenters. The molecular formula is C23H21N3O2. The van der Waals surface area contributed by atoms with Gasteiger partial charge in [0.05, 0.1) is 18.1 Å². The number of carbonyl (C=O) groups excluding carboxylic acids is 1. The van der Waals surface area contributed by atoms with Crippen LogP contribution < -0.4 is 10.1 Å². The molecule has 0 aliphatic heterocycles. The number of imidazole rings is 1. The number of anilines is 1. The Kier molecular flexibility index (Phi) is 4.81. The van der Waals surface area contributed by atoms with E-state index in [9.17, 15) is 4.79 Å². The molecule has 0 spiro atoms. The molecule has 4 rings (SSSR count). The standard InChI is InChI=1S/C23H21N3O2/c1-16-6-5-7-17(14-16)23-25-20-8-3-4-9-21(20)26(23)15-22(27)24-18-10-12-19(28-2)13-11-18/h3-14H,15H2,1-2H3,(H,24,27). The molecule has 4 aromatic rings. The summed E-state index contributed by atoms with van der Waals surface area (Å²) < 4.78 is 7.12. The minimum Gasteiger partial charge on any atom is -0.497 e. The maximum atomic E-state index is 12.7. The van der Waals surface area contributed by atoms with Crippen molar-refractivity contribution >= 4 is 22.6 Å². The summed E-state index contributed by atoms with van der Waals surface area (Å²) >= 11 is 0. The highest BCUT2D eigenvalue weighted by atomic mass is 16.5. The molecule has 140 valence electrons. The first-order chi connectivity index (χ1) is 13.6. The minimum absolute atomic E-state index is 0.109. The summed E-state index contributed by atoms with van der Waals surface area (Å²) in [7, 11) is 1.62. The zero-order valence-corrected chi connectivity index (χ0v) is 15.8. The highest BCUT2D eigenvalue weighted by Gasteiger charge is 2.15. The molecule has 0 fully saturated rings. The number of rotatable bonds is 5. The number of fused-ring (bicyclic) bond motifs is 1. The van der Waals surface area contributed by atoms with Crippen LogP contribution in [0.15, 0.2) is 72.8 Å². The molecule has 1 aromatic heterocycles. The van der Waals surface area contributed by atoms with Gasteiger partial charge in [-0.15, -0.1) is 0 Å². The third-order valence-electron chi connectivity index (χ3n) is 4.61. The predicted octanol–water partition coefficient (Wildman–Crippen LogP) is 4.66. The Balaban J connectivity index is 1.66. The molecule has 0 saturated heterocycles. The monoisotopic (exact) mass is 371 g/mol. The lowest BCUT2D eigenvalue weighted by atomic mass is 10.1. The molecule has 0 aliphatic carbocycles. The van der Waals surface area contributed by atoms with Crippen LogP contribution in [0, 0.1) is 6.92 Å². The van der Waals surface area contributed by atoms with Crippen molar-refractivity contribution in [3.63, 3.8) is 0 Å². The highest BCUT2D eigenvalue weighted by Crippen LogP contribution is 2.25. The lowest BCUT2D eigenvalue weighted by molar-refractivity contribution is -0.116. The van der Waals surface area contributed by atoms with E-state index in [-0.39, 0.29) is 12.5 Å². The van der Waals surface area contributed by atoms with Crippen LogP contribution in [0.5, 0.6) is 5.75 Å². The topological polar surface area (TPSA) is 56.1 Å². The van der Waals surface area contributed by atoms with Gasteiger partial charge in [0.2, 0.25) is 5.91 Å². The van der Waals surface area contributed by atoms with Crippen LogP contribution in [0.4, 0.5) is 5.69 Å². The summed E-state index contributed by atoms with van der Waals surface area (Å²) in [5.41, 5.74) is 4.68. The number of hydrogen-bond donors (Lipinski definition) is 1. The van der Waals surface area contributed by atoms with Crippen LogP contribution in [0.1, 0.15) is 5.56 Å². The molecule has 0 aliphatic rings. The number of aryl methyl sites for hydroxylation is 1. The molecule has 0 saturated carbocycles. The van der Waals surface area contributed by atoms with Crippen molar-refractivity contribution in [2.24, 2.45) is 0 Å². The van der Waals surface area contributed by atoms with Gasteiger partial charge in [0.15, 0.2) is 0 Å². The first-order valence-corrected chi connectivity index (χ1v) is 9.10. The van der Waals surface area contributed by atoms with Gasteiger partial charge in [-0.25, -0.2) is 4.98 Å². The number of nitrogens with one attached hydrogen (secondary N) is 1. The van der Waals surface area contributed by atoms with E-state index in [1.807, 2.05) is 78.2 Å². The van der Waals surface area contributed by atoms with Crippen LogP contribution in [-0.4, -0.2) is 22.6 Å². The van der Waals surface area contributed by atoms with E-state index in [2.05, 4.69) is 11.4 Å². The Hall–Kier alpha value is -3.60. The highest BCUT2D eigenvalue weighted by molar-refractivity contribution is 5.92. The molecule has 1 heterocycles. The van der Waals surface area contributed by atoms with E-state index in [1.165, 1.54) is 0 Å². The average Bonchev–Trinajstić information content (AvgIpc) is 3.07. The number of nitrogens with zero attached hydrogens (tertiary/aromatic N) is 2. The summed E-state index contributed by atoms with van der Waals surface area (Å²) in [6.45, 7) is 2.22. The molecule has 0 unspecified atom stereocenters. The number of methoxy groups -OCH3 is 1. The maximum absolute atomic E-state index is 12.7. The van der Waals surface area contributed by atoms with Crippen LogP contribution in [-0.2, 0) is 11.3 Å². The number of amides is 1. The fourth-order valence-corrected chi connectivity index (χ4v) is 3.26. The van der Waals surface area contributed by atoms with E-state index in [4.69, 9.17) is 9.72 Å². The number of ether oxygens (including phenoxy) is 1. The molecule has 28 heavy (non-hydrogen) atoms.